The minimum atomic E-state index is -0.430. The maximum atomic E-state index is 13.0. The fraction of sp³-hybridized carbons (Fsp3) is 0.100. The molecular weight excluding hydrogens is 169 g/mol. The number of carbonyl (C=O) groups is 1. The Balaban J connectivity index is 2.74. The van der Waals surface area contributed by atoms with E-state index in [0.29, 0.717) is 0 Å². The number of amides is 1. The summed E-state index contributed by atoms with van der Waals surface area (Å²) in [5, 5.41) is 2.41. The molecule has 0 heterocycles. The van der Waals surface area contributed by atoms with Crippen LogP contribution in [0.5, 0.6) is 0 Å². The molecule has 0 spiro atoms. The van der Waals surface area contributed by atoms with E-state index in [1.807, 2.05) is 0 Å². The number of benzene rings is 1. The molecule has 0 aromatic heterocycles. The van der Waals surface area contributed by atoms with E-state index >= 15 is 0 Å². The third-order valence-corrected chi connectivity index (χ3v) is 1.45. The molecule has 0 saturated carbocycles. The predicted molar refractivity (Wildman–Crippen MR) is 49.8 cm³/mol. The van der Waals surface area contributed by atoms with Gasteiger partial charge in [0.05, 0.1) is 5.69 Å². The lowest BCUT2D eigenvalue weighted by atomic mass is 10.3. The van der Waals surface area contributed by atoms with Crippen molar-refractivity contribution in [3.63, 3.8) is 0 Å². The van der Waals surface area contributed by atoms with E-state index in [2.05, 4.69) is 5.32 Å². The van der Waals surface area contributed by atoms with Crippen molar-refractivity contribution in [3.05, 3.63) is 42.2 Å². The summed E-state index contributed by atoms with van der Waals surface area (Å²) in [6.07, 6.45) is 2.93. The summed E-state index contributed by atoms with van der Waals surface area (Å²) in [6, 6.07) is 6.04. The first-order valence-corrected chi connectivity index (χ1v) is 3.92. The number of carbonyl (C=O) groups excluding carboxylic acids is 1. The monoisotopic (exact) mass is 179 g/mol. The average Bonchev–Trinajstić information content (AvgIpc) is 2.09. The van der Waals surface area contributed by atoms with E-state index in [-0.39, 0.29) is 11.6 Å². The molecule has 0 aliphatic rings. The molecule has 0 aliphatic carbocycles. The van der Waals surface area contributed by atoms with Crippen LogP contribution < -0.4 is 5.32 Å². The minimum absolute atomic E-state index is 0.200. The number of hydrogen-bond acceptors (Lipinski definition) is 1. The number of rotatable bonds is 2. The summed E-state index contributed by atoms with van der Waals surface area (Å²) in [7, 11) is 0. The van der Waals surface area contributed by atoms with Gasteiger partial charge in [-0.15, -0.1) is 0 Å². The maximum Gasteiger partial charge on any atom is 0.248 e. The Morgan fingerprint density at radius 1 is 1.46 bits per heavy atom. The first-order chi connectivity index (χ1) is 6.24. The van der Waals surface area contributed by atoms with Crippen LogP contribution in [0, 0.1) is 5.82 Å². The Bertz CT molecular complexity index is 333. The molecule has 2 nitrogen and oxygen atoms in total. The van der Waals surface area contributed by atoms with Crippen molar-refractivity contribution in [2.45, 2.75) is 6.92 Å². The van der Waals surface area contributed by atoms with Crippen molar-refractivity contribution in [1.29, 1.82) is 0 Å². The Morgan fingerprint density at radius 3 is 2.77 bits per heavy atom. The van der Waals surface area contributed by atoms with E-state index in [4.69, 9.17) is 0 Å². The largest absolute Gasteiger partial charge is 0.320 e. The third kappa shape index (κ3) is 2.71. The average molecular weight is 179 g/mol. The van der Waals surface area contributed by atoms with Gasteiger partial charge < -0.3 is 5.32 Å². The summed E-state index contributed by atoms with van der Waals surface area (Å²) < 4.78 is 13.0. The molecular formula is C10H10FNO. The molecule has 0 atom stereocenters. The highest BCUT2D eigenvalue weighted by Crippen LogP contribution is 2.11. The standard InChI is InChI=1S/C10H10FNO/c1-2-5-10(13)12-9-7-4-3-6-8(9)11/h2-7H,1H3,(H,12,13)/b5-2+. The molecule has 0 aliphatic heterocycles. The second-order valence-corrected chi connectivity index (χ2v) is 2.47. The molecule has 1 aromatic rings. The Kier molecular flexibility index (Phi) is 3.20. The lowest BCUT2D eigenvalue weighted by molar-refractivity contribution is -0.111. The Morgan fingerprint density at radius 2 is 2.15 bits per heavy atom. The zero-order valence-electron chi connectivity index (χ0n) is 7.25. The van der Waals surface area contributed by atoms with Gasteiger partial charge in [0.2, 0.25) is 5.91 Å². The highest BCUT2D eigenvalue weighted by molar-refractivity contribution is 5.99. The number of hydrogen-bond donors (Lipinski definition) is 1. The lowest BCUT2D eigenvalue weighted by Gasteiger charge is -2.01. The van der Waals surface area contributed by atoms with Crippen LogP contribution in [0.25, 0.3) is 0 Å². The molecule has 1 amide bonds. The quantitative estimate of drug-likeness (QED) is 0.693. The Labute approximate surface area is 76.1 Å². The van der Waals surface area contributed by atoms with Gasteiger partial charge in [0, 0.05) is 0 Å². The molecule has 0 saturated heterocycles. The molecule has 1 aromatic carbocycles. The topological polar surface area (TPSA) is 29.1 Å². The van der Waals surface area contributed by atoms with E-state index in [0.717, 1.165) is 0 Å². The fourth-order valence-electron chi connectivity index (χ4n) is 0.888. The number of allylic oxidation sites excluding steroid dienone is 1. The van der Waals surface area contributed by atoms with Crippen LogP contribution in [-0.4, -0.2) is 5.91 Å². The second kappa shape index (κ2) is 4.40. The molecule has 0 unspecified atom stereocenters. The van der Waals surface area contributed by atoms with E-state index < -0.39 is 5.82 Å². The summed E-state index contributed by atoms with van der Waals surface area (Å²) in [6.45, 7) is 1.72. The number of nitrogens with one attached hydrogen (secondary N) is 1. The van der Waals surface area contributed by atoms with Gasteiger partial charge in [0.1, 0.15) is 5.82 Å². The van der Waals surface area contributed by atoms with Crippen LogP contribution >= 0.6 is 0 Å². The van der Waals surface area contributed by atoms with Gasteiger partial charge >= 0.3 is 0 Å². The molecule has 1 rings (SSSR count). The van der Waals surface area contributed by atoms with Crippen molar-refractivity contribution in [2.24, 2.45) is 0 Å². The molecule has 3 heteroatoms. The second-order valence-electron chi connectivity index (χ2n) is 2.47. The highest BCUT2D eigenvalue weighted by Gasteiger charge is 2.01. The Hall–Kier alpha value is -1.64. The smallest absolute Gasteiger partial charge is 0.248 e. The van der Waals surface area contributed by atoms with Gasteiger partial charge in [-0.25, -0.2) is 4.39 Å². The zero-order chi connectivity index (χ0) is 9.68. The van der Waals surface area contributed by atoms with Crippen LogP contribution in [0.15, 0.2) is 36.4 Å². The predicted octanol–water partition coefficient (Wildman–Crippen LogP) is 2.34. The van der Waals surface area contributed by atoms with Crippen molar-refractivity contribution < 1.29 is 9.18 Å². The molecule has 1 N–H and O–H groups in total. The van der Waals surface area contributed by atoms with Gasteiger partial charge in [-0.05, 0) is 25.1 Å². The van der Waals surface area contributed by atoms with Gasteiger partial charge in [-0.3, -0.25) is 4.79 Å². The number of para-hydroxylation sites is 1. The zero-order valence-corrected chi connectivity index (χ0v) is 7.25. The minimum Gasteiger partial charge on any atom is -0.320 e. The normalized spacial score (nSPS) is 10.3. The molecule has 13 heavy (non-hydrogen) atoms. The van der Waals surface area contributed by atoms with Crippen LogP contribution in [0.4, 0.5) is 10.1 Å². The van der Waals surface area contributed by atoms with Crippen molar-refractivity contribution in [3.8, 4) is 0 Å². The summed E-state index contributed by atoms with van der Waals surface area (Å²) in [5.41, 5.74) is 0.200. The maximum absolute atomic E-state index is 13.0. The first-order valence-electron chi connectivity index (χ1n) is 3.92. The van der Waals surface area contributed by atoms with Crippen LogP contribution in [-0.2, 0) is 4.79 Å². The number of halogens is 1. The van der Waals surface area contributed by atoms with Gasteiger partial charge in [-0.1, -0.05) is 18.2 Å². The molecule has 0 fully saturated rings. The summed E-state index contributed by atoms with van der Waals surface area (Å²) in [5.74, 6) is -0.757. The van der Waals surface area contributed by atoms with Crippen molar-refractivity contribution in [1.82, 2.24) is 0 Å². The van der Waals surface area contributed by atoms with Gasteiger partial charge in [0.25, 0.3) is 0 Å². The van der Waals surface area contributed by atoms with Crippen LogP contribution in [0.3, 0.4) is 0 Å². The number of anilines is 1. The van der Waals surface area contributed by atoms with E-state index in [9.17, 15) is 9.18 Å². The van der Waals surface area contributed by atoms with Crippen molar-refractivity contribution >= 4 is 11.6 Å². The highest BCUT2D eigenvalue weighted by atomic mass is 19.1. The van der Waals surface area contributed by atoms with Gasteiger partial charge in [-0.2, -0.15) is 0 Å². The summed E-state index contributed by atoms with van der Waals surface area (Å²) in [4.78, 5) is 11.0. The molecule has 0 bridgehead atoms. The van der Waals surface area contributed by atoms with E-state index in [1.165, 1.54) is 18.2 Å². The molecule has 0 radical (unpaired) electrons. The van der Waals surface area contributed by atoms with Crippen molar-refractivity contribution in [2.75, 3.05) is 5.32 Å². The first kappa shape index (κ1) is 9.45. The molecule has 68 valence electrons. The SMILES string of the molecule is C/C=C/C(=O)Nc1ccccc1F. The van der Waals surface area contributed by atoms with Gasteiger partial charge in [0.15, 0.2) is 0 Å². The fourth-order valence-corrected chi connectivity index (χ4v) is 0.888. The van der Waals surface area contributed by atoms with E-state index in [1.54, 1.807) is 25.1 Å². The third-order valence-electron chi connectivity index (χ3n) is 1.45. The van der Waals surface area contributed by atoms with Crippen LogP contribution in [0.2, 0.25) is 0 Å². The lowest BCUT2D eigenvalue weighted by Crippen LogP contribution is -2.08. The summed E-state index contributed by atoms with van der Waals surface area (Å²) >= 11 is 0. The van der Waals surface area contributed by atoms with Crippen LogP contribution in [0.1, 0.15) is 6.92 Å².